The van der Waals surface area contributed by atoms with Crippen LogP contribution in [-0.2, 0) is 0 Å². The fraction of sp³-hybridized carbons (Fsp3) is 0.172. The first-order chi connectivity index (χ1) is 14.8. The molecule has 5 rings (SSSR count). The van der Waals surface area contributed by atoms with Crippen LogP contribution >= 0.6 is 7.92 Å². The van der Waals surface area contributed by atoms with Gasteiger partial charge < -0.3 is 0 Å². The van der Waals surface area contributed by atoms with Crippen molar-refractivity contribution >= 4 is 24.6 Å². The van der Waals surface area contributed by atoms with Crippen LogP contribution in [0.1, 0.15) is 43.2 Å². The Hall–Kier alpha value is -2.69. The Morgan fingerprint density at radius 3 is 2.10 bits per heavy atom. The van der Waals surface area contributed by atoms with Gasteiger partial charge in [-0.25, -0.2) is 0 Å². The van der Waals surface area contributed by atoms with Crippen molar-refractivity contribution in [1.82, 2.24) is 0 Å². The number of rotatable bonds is 6. The van der Waals surface area contributed by atoms with E-state index in [0.29, 0.717) is 5.92 Å². The van der Waals surface area contributed by atoms with E-state index >= 15 is 0 Å². The van der Waals surface area contributed by atoms with Crippen molar-refractivity contribution in [2.45, 2.75) is 32.1 Å². The molecule has 1 unspecified atom stereocenters. The van der Waals surface area contributed by atoms with Crippen molar-refractivity contribution in [2.24, 2.45) is 0 Å². The summed E-state index contributed by atoms with van der Waals surface area (Å²) < 4.78 is 0. The number of allylic oxidation sites excluding steroid dienone is 5. The summed E-state index contributed by atoms with van der Waals surface area (Å²) in [4.78, 5) is 0. The van der Waals surface area contributed by atoms with E-state index in [9.17, 15) is 0 Å². The second-order valence-corrected chi connectivity index (χ2v) is 10.5. The SMILES string of the molecule is CC1=Cc2ccccc2C1CCC1=CC(P(c2ccccc2)c2ccccc2)=CC1. The van der Waals surface area contributed by atoms with Crippen LogP contribution in [0.25, 0.3) is 6.08 Å². The summed E-state index contributed by atoms with van der Waals surface area (Å²) in [7, 11) is -0.477. The molecule has 0 saturated carbocycles. The third-order valence-corrected chi connectivity index (χ3v) is 8.73. The Morgan fingerprint density at radius 2 is 1.40 bits per heavy atom. The van der Waals surface area contributed by atoms with Gasteiger partial charge >= 0.3 is 0 Å². The van der Waals surface area contributed by atoms with E-state index in [-0.39, 0.29) is 0 Å². The van der Waals surface area contributed by atoms with E-state index < -0.39 is 7.92 Å². The van der Waals surface area contributed by atoms with Gasteiger partial charge in [-0.3, -0.25) is 0 Å². The zero-order valence-corrected chi connectivity index (χ0v) is 18.4. The summed E-state index contributed by atoms with van der Waals surface area (Å²) in [6.45, 7) is 2.29. The fourth-order valence-electron chi connectivity index (χ4n) is 4.76. The van der Waals surface area contributed by atoms with Gasteiger partial charge in [-0.2, -0.15) is 0 Å². The molecule has 3 aromatic carbocycles. The predicted octanol–water partition coefficient (Wildman–Crippen LogP) is 7.31. The summed E-state index contributed by atoms with van der Waals surface area (Å²) in [5, 5.41) is 4.38. The molecule has 0 nitrogen and oxygen atoms in total. The Balaban J connectivity index is 1.35. The number of benzene rings is 3. The minimum Gasteiger partial charge on any atom is -0.0721 e. The van der Waals surface area contributed by atoms with Gasteiger partial charge in [0.05, 0.1) is 0 Å². The molecule has 0 amide bonds. The Morgan fingerprint density at radius 1 is 0.767 bits per heavy atom. The molecular formula is C29H27P. The Bertz CT molecular complexity index is 1080. The van der Waals surface area contributed by atoms with Crippen molar-refractivity contribution in [3.8, 4) is 0 Å². The van der Waals surface area contributed by atoms with Crippen molar-refractivity contribution in [2.75, 3.05) is 0 Å². The lowest BCUT2D eigenvalue weighted by Gasteiger charge is -2.19. The first-order valence-corrected chi connectivity index (χ1v) is 12.2. The van der Waals surface area contributed by atoms with Gasteiger partial charge in [0.25, 0.3) is 0 Å². The molecule has 3 aromatic rings. The van der Waals surface area contributed by atoms with E-state index in [0.717, 1.165) is 6.42 Å². The molecule has 2 aliphatic rings. The van der Waals surface area contributed by atoms with Crippen molar-refractivity contribution in [1.29, 1.82) is 0 Å². The van der Waals surface area contributed by atoms with E-state index in [1.54, 1.807) is 5.57 Å². The number of hydrogen-bond acceptors (Lipinski definition) is 0. The number of hydrogen-bond donors (Lipinski definition) is 0. The average molecular weight is 407 g/mol. The second kappa shape index (κ2) is 8.58. The van der Waals surface area contributed by atoms with Crippen LogP contribution in [0.2, 0.25) is 0 Å². The molecule has 0 spiro atoms. The summed E-state index contributed by atoms with van der Waals surface area (Å²) in [6.07, 6.45) is 10.8. The largest absolute Gasteiger partial charge is 0.0721 e. The minimum atomic E-state index is -0.477. The summed E-state index contributed by atoms with van der Waals surface area (Å²) in [5.74, 6) is 0.580. The molecule has 0 saturated heterocycles. The van der Waals surface area contributed by atoms with Crippen LogP contribution in [0.4, 0.5) is 0 Å². The number of fused-ring (bicyclic) bond motifs is 1. The molecule has 0 N–H and O–H groups in total. The van der Waals surface area contributed by atoms with Gasteiger partial charge in [-0.05, 0) is 61.2 Å². The smallest absolute Gasteiger partial charge is 0.00577 e. The molecule has 0 aromatic heterocycles. The first-order valence-electron chi connectivity index (χ1n) is 10.9. The third kappa shape index (κ3) is 3.85. The predicted molar refractivity (Wildman–Crippen MR) is 132 cm³/mol. The van der Waals surface area contributed by atoms with Crippen LogP contribution in [0.5, 0.6) is 0 Å². The van der Waals surface area contributed by atoms with Gasteiger partial charge in [0, 0.05) is 5.92 Å². The third-order valence-electron chi connectivity index (χ3n) is 6.27. The quantitative estimate of drug-likeness (QED) is 0.376. The van der Waals surface area contributed by atoms with Crippen LogP contribution in [0, 0.1) is 0 Å². The van der Waals surface area contributed by atoms with E-state index in [4.69, 9.17) is 0 Å². The Labute approximate surface area is 181 Å². The molecule has 0 aliphatic heterocycles. The molecule has 1 heteroatoms. The van der Waals surface area contributed by atoms with Crippen LogP contribution < -0.4 is 10.6 Å². The molecule has 0 radical (unpaired) electrons. The van der Waals surface area contributed by atoms with Gasteiger partial charge in [0.1, 0.15) is 0 Å². The Kier molecular flexibility index (Phi) is 5.52. The maximum atomic E-state index is 2.51. The van der Waals surface area contributed by atoms with E-state index in [2.05, 4.69) is 110 Å². The summed E-state index contributed by atoms with van der Waals surface area (Å²) in [6, 6.07) is 30.9. The highest BCUT2D eigenvalue weighted by molar-refractivity contribution is 7.77. The molecule has 2 aliphatic carbocycles. The van der Waals surface area contributed by atoms with Gasteiger partial charge in [-0.15, -0.1) is 0 Å². The maximum absolute atomic E-state index is 2.51. The fourth-order valence-corrected chi connectivity index (χ4v) is 7.18. The molecule has 0 heterocycles. The molecule has 0 fully saturated rings. The maximum Gasteiger partial charge on any atom is 0.00577 e. The monoisotopic (exact) mass is 406 g/mol. The molecular weight excluding hydrogens is 379 g/mol. The van der Waals surface area contributed by atoms with Crippen LogP contribution in [-0.4, -0.2) is 0 Å². The zero-order valence-electron chi connectivity index (χ0n) is 17.5. The highest BCUT2D eigenvalue weighted by Gasteiger charge is 2.24. The van der Waals surface area contributed by atoms with Gasteiger partial charge in [0.15, 0.2) is 0 Å². The van der Waals surface area contributed by atoms with E-state index in [1.807, 2.05) is 0 Å². The van der Waals surface area contributed by atoms with Crippen LogP contribution in [0.3, 0.4) is 0 Å². The lowest BCUT2D eigenvalue weighted by Crippen LogP contribution is -2.11. The lowest BCUT2D eigenvalue weighted by molar-refractivity contribution is 0.705. The topological polar surface area (TPSA) is 0 Å². The molecule has 0 bridgehead atoms. The second-order valence-electron chi connectivity index (χ2n) is 8.25. The lowest BCUT2D eigenvalue weighted by atomic mass is 9.90. The highest BCUT2D eigenvalue weighted by atomic mass is 31.1. The van der Waals surface area contributed by atoms with Gasteiger partial charge in [-0.1, -0.05) is 114 Å². The van der Waals surface area contributed by atoms with Crippen LogP contribution in [0.15, 0.2) is 114 Å². The molecule has 148 valence electrons. The van der Waals surface area contributed by atoms with Gasteiger partial charge in [0.2, 0.25) is 0 Å². The minimum absolute atomic E-state index is 0.477. The average Bonchev–Trinajstić information content (AvgIpc) is 3.37. The van der Waals surface area contributed by atoms with Crippen molar-refractivity contribution < 1.29 is 0 Å². The van der Waals surface area contributed by atoms with Crippen molar-refractivity contribution in [3.63, 3.8) is 0 Å². The molecule has 1 atom stereocenters. The van der Waals surface area contributed by atoms with E-state index in [1.165, 1.54) is 45.5 Å². The summed E-state index contributed by atoms with van der Waals surface area (Å²) >= 11 is 0. The molecule has 30 heavy (non-hydrogen) atoms. The summed E-state index contributed by atoms with van der Waals surface area (Å²) in [5.41, 5.74) is 6.02. The highest BCUT2D eigenvalue weighted by Crippen LogP contribution is 2.48. The zero-order chi connectivity index (χ0) is 20.3. The first kappa shape index (κ1) is 19.3. The standard InChI is InChI=1S/C29H27P/c1-22-20-24-10-8-9-15-29(24)28(22)19-17-23-16-18-27(21-23)30(25-11-4-2-5-12-25)26-13-6-3-7-14-26/h2-15,18,20-21,28H,16-17,19H2,1H3. The normalized spacial score (nSPS) is 17.5. The van der Waals surface area contributed by atoms with Crippen molar-refractivity contribution in [3.05, 3.63) is 125 Å².